The molecule has 0 saturated carbocycles. The summed E-state index contributed by atoms with van der Waals surface area (Å²) >= 11 is 0. The summed E-state index contributed by atoms with van der Waals surface area (Å²) < 4.78 is 1.79. The molecule has 1 unspecified atom stereocenters. The topological polar surface area (TPSA) is 70.4 Å². The number of urea groups is 1. The molecule has 0 aliphatic heterocycles. The molecule has 1 atom stereocenters. The number of nitrogens with zero attached hydrogens (tertiary/aromatic N) is 3. The molecular weight excluding hydrogens is 232 g/mol. The number of hydrogen-bond acceptors (Lipinski definition) is 3. The number of carbonyl (C=O) groups excluding carboxylic acids is 1. The summed E-state index contributed by atoms with van der Waals surface area (Å²) in [6.45, 7) is 7.81. The number of aliphatic hydroxyl groups excluding tert-OH is 1. The molecule has 1 rings (SSSR count). The molecule has 102 valence electrons. The van der Waals surface area contributed by atoms with E-state index in [4.69, 9.17) is 5.11 Å². The Morgan fingerprint density at radius 1 is 1.61 bits per heavy atom. The van der Waals surface area contributed by atoms with Crippen molar-refractivity contribution in [3.05, 3.63) is 12.4 Å². The van der Waals surface area contributed by atoms with Crippen LogP contribution in [0, 0.1) is 0 Å². The maximum absolute atomic E-state index is 11.8. The highest BCUT2D eigenvalue weighted by molar-refractivity contribution is 5.89. The Bertz CT molecular complexity index is 408. The summed E-state index contributed by atoms with van der Waals surface area (Å²) in [4.78, 5) is 13.3. The van der Waals surface area contributed by atoms with E-state index in [-0.39, 0.29) is 24.2 Å². The summed E-state index contributed by atoms with van der Waals surface area (Å²) in [7, 11) is 1.64. The first-order valence-corrected chi connectivity index (χ1v) is 5.95. The van der Waals surface area contributed by atoms with Crippen molar-refractivity contribution in [3.63, 3.8) is 0 Å². The van der Waals surface area contributed by atoms with Crippen LogP contribution in [0.2, 0.25) is 0 Å². The van der Waals surface area contributed by atoms with Gasteiger partial charge in [0.1, 0.15) is 0 Å². The Balaban J connectivity index is 2.68. The number of aliphatic hydroxyl groups is 1. The Labute approximate surface area is 108 Å². The first kappa shape index (κ1) is 14.5. The van der Waals surface area contributed by atoms with Crippen molar-refractivity contribution >= 4 is 11.7 Å². The summed E-state index contributed by atoms with van der Waals surface area (Å²) in [5.41, 5.74) is 0.528. The third kappa shape index (κ3) is 3.46. The van der Waals surface area contributed by atoms with Gasteiger partial charge in [-0.05, 0) is 27.7 Å². The number of likely N-dealkylation sites (N-methyl/N-ethyl adjacent to an activating group) is 1. The molecule has 0 aliphatic rings. The normalized spacial score (nSPS) is 13.2. The number of hydrogen-bond donors (Lipinski definition) is 2. The van der Waals surface area contributed by atoms with Gasteiger partial charge in [-0.25, -0.2) is 4.79 Å². The van der Waals surface area contributed by atoms with E-state index in [2.05, 4.69) is 10.4 Å². The zero-order chi connectivity index (χ0) is 13.9. The number of carbonyl (C=O) groups is 1. The summed E-state index contributed by atoms with van der Waals surface area (Å²) in [6.07, 6.45) is 3.40. The fraction of sp³-hybridized carbons (Fsp3) is 0.667. The molecule has 1 aromatic heterocycles. The maximum atomic E-state index is 11.8. The van der Waals surface area contributed by atoms with Crippen LogP contribution < -0.4 is 5.32 Å². The zero-order valence-electron chi connectivity index (χ0n) is 11.6. The smallest absolute Gasteiger partial charge is 0.321 e. The van der Waals surface area contributed by atoms with E-state index in [1.165, 1.54) is 4.90 Å². The van der Waals surface area contributed by atoms with Crippen molar-refractivity contribution in [3.8, 4) is 0 Å². The van der Waals surface area contributed by atoms with E-state index < -0.39 is 0 Å². The van der Waals surface area contributed by atoms with Crippen molar-refractivity contribution in [2.45, 2.75) is 39.3 Å². The van der Waals surface area contributed by atoms with Crippen molar-refractivity contribution in [2.24, 2.45) is 0 Å². The predicted octanol–water partition coefficient (Wildman–Crippen LogP) is 1.48. The van der Waals surface area contributed by atoms with Gasteiger partial charge >= 0.3 is 6.03 Å². The van der Waals surface area contributed by atoms with Crippen LogP contribution >= 0.6 is 0 Å². The monoisotopic (exact) mass is 254 g/mol. The lowest BCUT2D eigenvalue weighted by Gasteiger charge is -2.23. The molecule has 0 bridgehead atoms. The Morgan fingerprint density at radius 2 is 2.22 bits per heavy atom. The lowest BCUT2D eigenvalue weighted by molar-refractivity contribution is 0.166. The minimum Gasteiger partial charge on any atom is -0.394 e. The van der Waals surface area contributed by atoms with Gasteiger partial charge in [-0.15, -0.1) is 0 Å². The van der Waals surface area contributed by atoms with Crippen molar-refractivity contribution in [1.29, 1.82) is 0 Å². The first-order chi connectivity index (χ1) is 8.25. The second-order valence-electron chi connectivity index (χ2n) is 5.42. The molecule has 6 heteroatoms. The minimum absolute atomic E-state index is 0.0643. The maximum Gasteiger partial charge on any atom is 0.321 e. The molecule has 1 heterocycles. The third-order valence-electron chi connectivity index (χ3n) is 2.77. The highest BCUT2D eigenvalue weighted by Crippen LogP contribution is 2.16. The number of amides is 2. The number of nitrogens with one attached hydrogen (secondary N) is 1. The third-order valence-corrected chi connectivity index (χ3v) is 2.77. The lowest BCUT2D eigenvalue weighted by Crippen LogP contribution is -2.40. The highest BCUT2D eigenvalue weighted by Gasteiger charge is 2.17. The second-order valence-corrected chi connectivity index (χ2v) is 5.42. The molecule has 0 saturated heterocycles. The van der Waals surface area contributed by atoms with Crippen molar-refractivity contribution in [2.75, 3.05) is 19.0 Å². The van der Waals surface area contributed by atoms with Gasteiger partial charge in [0, 0.05) is 13.2 Å². The van der Waals surface area contributed by atoms with E-state index in [0.29, 0.717) is 5.69 Å². The SMILES string of the molecule is CC(CO)N(C)C(=O)Nc1cnn(C(C)(C)C)c1. The number of rotatable bonds is 3. The van der Waals surface area contributed by atoms with Gasteiger partial charge in [0.15, 0.2) is 0 Å². The fourth-order valence-corrected chi connectivity index (χ4v) is 1.29. The standard InChI is InChI=1S/C12H22N4O2/c1-9(8-17)15(5)11(18)14-10-6-13-16(7-10)12(2,3)4/h6-7,9,17H,8H2,1-5H3,(H,14,18). The van der Waals surface area contributed by atoms with Gasteiger partial charge in [0.05, 0.1) is 30.1 Å². The van der Waals surface area contributed by atoms with Crippen LogP contribution in [-0.2, 0) is 5.54 Å². The molecule has 0 spiro atoms. The lowest BCUT2D eigenvalue weighted by atomic mass is 10.1. The van der Waals surface area contributed by atoms with Gasteiger partial charge in [0.2, 0.25) is 0 Å². The van der Waals surface area contributed by atoms with Crippen LogP contribution in [0.4, 0.5) is 10.5 Å². The van der Waals surface area contributed by atoms with Crippen LogP contribution in [0.15, 0.2) is 12.4 Å². The largest absolute Gasteiger partial charge is 0.394 e. The molecule has 0 radical (unpaired) electrons. The highest BCUT2D eigenvalue weighted by atomic mass is 16.3. The molecule has 1 aromatic rings. The molecule has 6 nitrogen and oxygen atoms in total. The van der Waals surface area contributed by atoms with E-state index in [1.807, 2.05) is 20.8 Å². The molecule has 0 aromatic carbocycles. The van der Waals surface area contributed by atoms with Crippen LogP contribution in [0.3, 0.4) is 0 Å². The second kappa shape index (κ2) is 5.39. The van der Waals surface area contributed by atoms with Gasteiger partial charge in [-0.1, -0.05) is 0 Å². The quantitative estimate of drug-likeness (QED) is 0.858. The molecule has 2 amide bonds. The van der Waals surface area contributed by atoms with E-state index in [1.54, 1.807) is 31.0 Å². The van der Waals surface area contributed by atoms with Crippen LogP contribution in [0.1, 0.15) is 27.7 Å². The molecule has 2 N–H and O–H groups in total. The van der Waals surface area contributed by atoms with Crippen molar-refractivity contribution < 1.29 is 9.90 Å². The first-order valence-electron chi connectivity index (χ1n) is 5.95. The van der Waals surface area contributed by atoms with E-state index in [0.717, 1.165) is 0 Å². The number of aromatic nitrogens is 2. The van der Waals surface area contributed by atoms with E-state index in [9.17, 15) is 4.79 Å². The number of anilines is 1. The van der Waals surface area contributed by atoms with Crippen LogP contribution in [-0.4, -0.2) is 45.5 Å². The fourth-order valence-electron chi connectivity index (χ4n) is 1.29. The predicted molar refractivity (Wildman–Crippen MR) is 70.6 cm³/mol. The average molecular weight is 254 g/mol. The molecule has 18 heavy (non-hydrogen) atoms. The van der Waals surface area contributed by atoms with Crippen LogP contribution in [0.25, 0.3) is 0 Å². The molecule has 0 fully saturated rings. The van der Waals surface area contributed by atoms with Crippen LogP contribution in [0.5, 0.6) is 0 Å². The van der Waals surface area contributed by atoms with Gasteiger partial charge in [0.25, 0.3) is 0 Å². The van der Waals surface area contributed by atoms with Gasteiger partial charge in [-0.2, -0.15) is 5.10 Å². The molecular formula is C12H22N4O2. The Hall–Kier alpha value is -1.56. The van der Waals surface area contributed by atoms with Crippen molar-refractivity contribution in [1.82, 2.24) is 14.7 Å². The van der Waals surface area contributed by atoms with E-state index >= 15 is 0 Å². The van der Waals surface area contributed by atoms with Gasteiger partial charge < -0.3 is 15.3 Å². The zero-order valence-corrected chi connectivity index (χ0v) is 11.6. The summed E-state index contributed by atoms with van der Waals surface area (Å²) in [5, 5.41) is 15.9. The minimum atomic E-state index is -0.259. The molecule has 0 aliphatic carbocycles. The summed E-state index contributed by atoms with van der Waals surface area (Å²) in [5.74, 6) is 0. The van der Waals surface area contributed by atoms with Gasteiger partial charge in [-0.3, -0.25) is 4.68 Å². The Morgan fingerprint density at radius 3 is 2.67 bits per heavy atom. The average Bonchev–Trinajstić information content (AvgIpc) is 2.75. The Kier molecular flexibility index (Phi) is 4.34. The summed E-state index contributed by atoms with van der Waals surface area (Å²) in [6, 6.07) is -0.479.